The van der Waals surface area contributed by atoms with Gasteiger partial charge in [0.2, 0.25) is 0 Å². The maximum Gasteiger partial charge on any atom is 0.310 e. The van der Waals surface area contributed by atoms with Gasteiger partial charge in [0.05, 0.1) is 19.3 Å². The predicted molar refractivity (Wildman–Crippen MR) is 122 cm³/mol. The van der Waals surface area contributed by atoms with Crippen molar-refractivity contribution in [2.24, 2.45) is 0 Å². The number of carbonyl (C=O) groups is 1. The van der Waals surface area contributed by atoms with Crippen molar-refractivity contribution in [3.63, 3.8) is 0 Å². The molecule has 0 aliphatic carbocycles. The molecule has 0 unspecified atom stereocenters. The van der Waals surface area contributed by atoms with Crippen molar-refractivity contribution < 1.29 is 23.1 Å². The first-order valence-electron chi connectivity index (χ1n) is 10.7. The van der Waals surface area contributed by atoms with Gasteiger partial charge >= 0.3 is 5.97 Å². The third-order valence-electron chi connectivity index (χ3n) is 5.33. The van der Waals surface area contributed by atoms with Gasteiger partial charge in [0.15, 0.2) is 11.6 Å². The zero-order chi connectivity index (χ0) is 22.5. The molecule has 5 heteroatoms. The number of carbonyl (C=O) groups excluding carboxylic acids is 1. The maximum atomic E-state index is 14.5. The number of hydrogen-bond donors (Lipinski definition) is 0. The van der Waals surface area contributed by atoms with E-state index in [1.165, 1.54) is 11.6 Å². The van der Waals surface area contributed by atoms with Crippen LogP contribution in [0.5, 0.6) is 5.75 Å². The lowest BCUT2D eigenvalue weighted by Crippen LogP contribution is -2.10. The van der Waals surface area contributed by atoms with E-state index in [1.807, 2.05) is 24.3 Å². The minimum absolute atomic E-state index is 0.0449. The number of ether oxygens (including phenoxy) is 2. The van der Waals surface area contributed by atoms with Gasteiger partial charge in [0.25, 0.3) is 0 Å². The summed E-state index contributed by atoms with van der Waals surface area (Å²) in [6.07, 6.45) is 2.56. The molecular formula is C27H25FO4. The van der Waals surface area contributed by atoms with E-state index in [2.05, 4.69) is 25.1 Å². The topological polar surface area (TPSA) is 48.7 Å². The minimum atomic E-state index is -0.507. The Morgan fingerprint density at radius 1 is 1.00 bits per heavy atom. The first-order chi connectivity index (χ1) is 15.6. The Bertz CT molecular complexity index is 1240. The highest BCUT2D eigenvalue weighted by molar-refractivity contribution is 5.93. The zero-order valence-electron chi connectivity index (χ0n) is 18.2. The van der Waals surface area contributed by atoms with Gasteiger partial charge in [-0.15, -0.1) is 0 Å². The van der Waals surface area contributed by atoms with Gasteiger partial charge in [-0.25, -0.2) is 4.39 Å². The number of rotatable bonds is 8. The van der Waals surface area contributed by atoms with Gasteiger partial charge in [-0.3, -0.25) is 4.79 Å². The first kappa shape index (κ1) is 21.6. The van der Waals surface area contributed by atoms with Crippen molar-refractivity contribution in [2.45, 2.75) is 33.3 Å². The Kier molecular flexibility index (Phi) is 6.55. The van der Waals surface area contributed by atoms with Crippen LogP contribution in [-0.2, 0) is 29.0 Å². The fourth-order valence-electron chi connectivity index (χ4n) is 3.78. The average molecular weight is 432 g/mol. The highest BCUT2D eigenvalue weighted by atomic mass is 19.1. The minimum Gasteiger partial charge on any atom is -0.486 e. The van der Waals surface area contributed by atoms with Crippen LogP contribution < -0.4 is 4.74 Å². The third kappa shape index (κ3) is 4.67. The summed E-state index contributed by atoms with van der Waals surface area (Å²) in [6, 6.07) is 18.8. The normalized spacial score (nSPS) is 11.0. The largest absolute Gasteiger partial charge is 0.486 e. The van der Waals surface area contributed by atoms with E-state index in [1.54, 1.807) is 25.3 Å². The van der Waals surface area contributed by atoms with Gasteiger partial charge in [0.1, 0.15) is 12.2 Å². The van der Waals surface area contributed by atoms with Gasteiger partial charge in [-0.2, -0.15) is 0 Å². The molecule has 0 amide bonds. The first-order valence-corrected chi connectivity index (χ1v) is 10.7. The fraction of sp³-hybridized carbons (Fsp3) is 0.222. The van der Waals surface area contributed by atoms with Gasteiger partial charge in [-0.1, -0.05) is 43.3 Å². The predicted octanol–water partition coefficient (Wildman–Crippen LogP) is 6.49. The maximum absolute atomic E-state index is 14.5. The highest BCUT2D eigenvalue weighted by Crippen LogP contribution is 2.33. The number of halogens is 1. The van der Waals surface area contributed by atoms with E-state index in [0.29, 0.717) is 5.56 Å². The molecule has 0 N–H and O–H groups in total. The number of furan rings is 1. The van der Waals surface area contributed by atoms with Gasteiger partial charge in [0, 0.05) is 16.5 Å². The summed E-state index contributed by atoms with van der Waals surface area (Å²) in [7, 11) is 0. The Morgan fingerprint density at radius 3 is 2.66 bits per heavy atom. The van der Waals surface area contributed by atoms with Crippen LogP contribution in [0.25, 0.3) is 22.1 Å². The fourth-order valence-corrected chi connectivity index (χ4v) is 3.78. The van der Waals surface area contributed by atoms with Crippen molar-refractivity contribution in [1.82, 2.24) is 0 Å². The van der Waals surface area contributed by atoms with Crippen molar-refractivity contribution in [3.05, 3.63) is 89.4 Å². The van der Waals surface area contributed by atoms with E-state index in [9.17, 15) is 9.18 Å². The van der Waals surface area contributed by atoms with Crippen LogP contribution >= 0.6 is 0 Å². The molecule has 32 heavy (non-hydrogen) atoms. The second kappa shape index (κ2) is 9.69. The van der Waals surface area contributed by atoms with Crippen molar-refractivity contribution in [1.29, 1.82) is 0 Å². The van der Waals surface area contributed by atoms with Crippen LogP contribution in [-0.4, -0.2) is 12.6 Å². The summed E-state index contributed by atoms with van der Waals surface area (Å²) in [4.78, 5) is 11.9. The Morgan fingerprint density at radius 2 is 1.84 bits per heavy atom. The third-order valence-corrected chi connectivity index (χ3v) is 5.33. The molecule has 0 aliphatic rings. The molecular weight excluding hydrogens is 407 g/mol. The summed E-state index contributed by atoms with van der Waals surface area (Å²) in [5.41, 5.74) is 5.39. The average Bonchev–Trinajstić information content (AvgIpc) is 3.27. The summed E-state index contributed by atoms with van der Waals surface area (Å²) in [5.74, 6) is -0.852. The van der Waals surface area contributed by atoms with Crippen molar-refractivity contribution in [2.75, 3.05) is 6.61 Å². The highest BCUT2D eigenvalue weighted by Gasteiger charge is 2.16. The molecule has 1 heterocycles. The lowest BCUT2D eigenvalue weighted by molar-refractivity contribution is -0.142. The standard InChI is InChI=1S/C27H25FO4/c1-3-18-7-5-8-20(13-18)23-15-19(14-22-11-12-31-26(22)23)17-32-27-21(9-6-10-24(27)28)16-25(29)30-4-2/h5-15H,3-4,16-17H2,1-2H3. The van der Waals surface area contributed by atoms with Gasteiger partial charge < -0.3 is 13.9 Å². The van der Waals surface area contributed by atoms with E-state index < -0.39 is 11.8 Å². The molecule has 1 aromatic heterocycles. The molecule has 0 spiro atoms. The van der Waals surface area contributed by atoms with Crippen molar-refractivity contribution in [3.8, 4) is 16.9 Å². The van der Waals surface area contributed by atoms with Crippen LogP contribution in [0.4, 0.5) is 4.39 Å². The van der Waals surface area contributed by atoms with E-state index in [-0.39, 0.29) is 25.4 Å². The molecule has 0 aliphatic heterocycles. The van der Waals surface area contributed by atoms with Crippen LogP contribution in [0.15, 0.2) is 71.3 Å². The lowest BCUT2D eigenvalue weighted by Gasteiger charge is -2.13. The second-order valence-electron chi connectivity index (χ2n) is 7.53. The second-order valence-corrected chi connectivity index (χ2v) is 7.53. The summed E-state index contributed by atoms with van der Waals surface area (Å²) >= 11 is 0. The number of fused-ring (bicyclic) bond motifs is 1. The molecule has 4 rings (SSSR count). The van der Waals surface area contributed by atoms with Crippen LogP contribution in [0.1, 0.15) is 30.5 Å². The van der Waals surface area contributed by atoms with Crippen LogP contribution in [0, 0.1) is 5.82 Å². The molecule has 0 saturated heterocycles. The number of benzene rings is 3. The van der Waals surface area contributed by atoms with Crippen LogP contribution in [0.2, 0.25) is 0 Å². The Hall–Kier alpha value is -3.60. The molecule has 0 saturated carbocycles. The van der Waals surface area contributed by atoms with Crippen molar-refractivity contribution >= 4 is 16.9 Å². The number of hydrogen-bond acceptors (Lipinski definition) is 4. The molecule has 3 aromatic carbocycles. The van der Waals surface area contributed by atoms with Gasteiger partial charge in [-0.05, 0) is 54.3 Å². The van der Waals surface area contributed by atoms with E-state index >= 15 is 0 Å². The summed E-state index contributed by atoms with van der Waals surface area (Å²) in [6.45, 7) is 4.28. The van der Waals surface area contributed by atoms with E-state index in [4.69, 9.17) is 13.9 Å². The number of aryl methyl sites for hydroxylation is 1. The molecule has 0 atom stereocenters. The SMILES string of the molecule is CCOC(=O)Cc1cccc(F)c1OCc1cc(-c2cccc(CC)c2)c2occc2c1. The molecule has 0 fully saturated rings. The molecule has 0 radical (unpaired) electrons. The molecule has 4 nitrogen and oxygen atoms in total. The summed E-state index contributed by atoms with van der Waals surface area (Å²) in [5, 5.41) is 0.947. The number of para-hydroxylation sites is 1. The molecule has 164 valence electrons. The number of esters is 1. The molecule has 4 aromatic rings. The molecule has 0 bridgehead atoms. The van der Waals surface area contributed by atoms with Crippen LogP contribution in [0.3, 0.4) is 0 Å². The Balaban J connectivity index is 1.64. The summed E-state index contributed by atoms with van der Waals surface area (Å²) < 4.78 is 31.2. The quantitative estimate of drug-likeness (QED) is 0.299. The monoisotopic (exact) mass is 432 g/mol. The lowest BCUT2D eigenvalue weighted by atomic mass is 9.98. The zero-order valence-corrected chi connectivity index (χ0v) is 18.2. The Labute approximate surface area is 186 Å². The smallest absolute Gasteiger partial charge is 0.310 e. The van der Waals surface area contributed by atoms with E-state index in [0.717, 1.165) is 34.1 Å².